The summed E-state index contributed by atoms with van der Waals surface area (Å²) in [7, 11) is 0. The molecule has 1 aromatic heterocycles. The number of ether oxygens (including phenoxy) is 1. The van der Waals surface area contributed by atoms with Crippen LogP contribution in [0.2, 0.25) is 0 Å². The standard InChI is InChI=1S/C25H29N3O3/c1-2-30-21-13-11-19(12-14-21)23(28-15-7-4-8-16-28)18-26-25(29)22-17-24(31-27-22)20-9-5-3-6-10-20/h3,5-6,9-14,17,23H,2,4,7-8,15-16,18H2,1H3,(H,26,29)/t23-/m0/s1. The summed E-state index contributed by atoms with van der Waals surface area (Å²) in [5.74, 6) is 1.23. The van der Waals surface area contributed by atoms with E-state index in [1.54, 1.807) is 6.07 Å². The van der Waals surface area contributed by atoms with Gasteiger partial charge in [0.15, 0.2) is 11.5 Å². The summed E-state index contributed by atoms with van der Waals surface area (Å²) >= 11 is 0. The lowest BCUT2D eigenvalue weighted by atomic mass is 10.0. The lowest BCUT2D eigenvalue weighted by Crippen LogP contribution is -2.40. The molecule has 2 heterocycles. The molecule has 0 aliphatic carbocycles. The number of nitrogens with one attached hydrogen (secondary N) is 1. The average molecular weight is 420 g/mol. The van der Waals surface area contributed by atoms with E-state index in [1.807, 2.05) is 49.4 Å². The van der Waals surface area contributed by atoms with Gasteiger partial charge in [0.2, 0.25) is 0 Å². The molecule has 0 unspecified atom stereocenters. The molecule has 1 aliphatic rings. The van der Waals surface area contributed by atoms with E-state index in [-0.39, 0.29) is 11.9 Å². The Morgan fingerprint density at radius 1 is 1.10 bits per heavy atom. The summed E-state index contributed by atoms with van der Waals surface area (Å²) < 4.78 is 11.0. The van der Waals surface area contributed by atoms with Crippen LogP contribution in [0.4, 0.5) is 0 Å². The highest BCUT2D eigenvalue weighted by Gasteiger charge is 2.24. The molecular formula is C25H29N3O3. The van der Waals surface area contributed by atoms with Crippen molar-refractivity contribution in [2.24, 2.45) is 0 Å². The highest BCUT2D eigenvalue weighted by Crippen LogP contribution is 2.26. The van der Waals surface area contributed by atoms with Gasteiger partial charge < -0.3 is 14.6 Å². The fourth-order valence-corrected chi connectivity index (χ4v) is 4.04. The third kappa shape index (κ3) is 5.33. The molecule has 3 aromatic rings. The maximum Gasteiger partial charge on any atom is 0.273 e. The topological polar surface area (TPSA) is 67.6 Å². The molecule has 0 saturated carbocycles. The van der Waals surface area contributed by atoms with Gasteiger partial charge in [-0.1, -0.05) is 54.0 Å². The third-order valence-electron chi connectivity index (χ3n) is 5.66. The van der Waals surface area contributed by atoms with Crippen molar-refractivity contribution in [2.75, 3.05) is 26.2 Å². The van der Waals surface area contributed by atoms with Gasteiger partial charge in [-0.2, -0.15) is 0 Å². The zero-order valence-electron chi connectivity index (χ0n) is 17.9. The Balaban J connectivity index is 1.45. The molecule has 31 heavy (non-hydrogen) atoms. The van der Waals surface area contributed by atoms with Crippen molar-refractivity contribution in [3.8, 4) is 17.1 Å². The molecule has 1 fully saturated rings. The maximum atomic E-state index is 12.8. The van der Waals surface area contributed by atoms with Crippen molar-refractivity contribution in [1.29, 1.82) is 0 Å². The number of amides is 1. The summed E-state index contributed by atoms with van der Waals surface area (Å²) in [5, 5.41) is 7.04. The quantitative estimate of drug-likeness (QED) is 0.573. The normalized spacial score (nSPS) is 15.4. The van der Waals surface area contributed by atoms with Crippen molar-refractivity contribution < 1.29 is 14.1 Å². The highest BCUT2D eigenvalue weighted by atomic mass is 16.5. The Labute approximate surface area is 183 Å². The van der Waals surface area contributed by atoms with Crippen molar-refractivity contribution in [3.63, 3.8) is 0 Å². The van der Waals surface area contributed by atoms with Gasteiger partial charge >= 0.3 is 0 Å². The minimum Gasteiger partial charge on any atom is -0.494 e. The predicted molar refractivity (Wildman–Crippen MR) is 120 cm³/mol. The Hall–Kier alpha value is -3.12. The van der Waals surface area contributed by atoms with Crippen LogP contribution in [-0.2, 0) is 0 Å². The second-order valence-corrected chi connectivity index (χ2v) is 7.77. The summed E-state index contributed by atoms with van der Waals surface area (Å²) in [6.45, 7) is 5.22. The highest BCUT2D eigenvalue weighted by molar-refractivity contribution is 5.93. The number of carbonyl (C=O) groups excluding carboxylic acids is 1. The first-order valence-corrected chi connectivity index (χ1v) is 11.0. The van der Waals surface area contributed by atoms with E-state index in [2.05, 4.69) is 27.5 Å². The number of aromatic nitrogens is 1. The van der Waals surface area contributed by atoms with Gasteiger partial charge in [0.25, 0.3) is 5.91 Å². The fraction of sp³-hybridized carbons (Fsp3) is 0.360. The van der Waals surface area contributed by atoms with Gasteiger partial charge in [0.05, 0.1) is 12.6 Å². The smallest absolute Gasteiger partial charge is 0.273 e. The van der Waals surface area contributed by atoms with Gasteiger partial charge in [-0.3, -0.25) is 9.69 Å². The largest absolute Gasteiger partial charge is 0.494 e. The number of carbonyl (C=O) groups is 1. The van der Waals surface area contributed by atoms with Crippen LogP contribution < -0.4 is 10.1 Å². The lowest BCUT2D eigenvalue weighted by Gasteiger charge is -2.35. The molecule has 1 saturated heterocycles. The second kappa shape index (κ2) is 10.3. The Bertz CT molecular complexity index is 963. The number of hydrogen-bond acceptors (Lipinski definition) is 5. The molecule has 1 aliphatic heterocycles. The molecule has 6 heteroatoms. The number of benzene rings is 2. The summed E-state index contributed by atoms with van der Waals surface area (Å²) in [4.78, 5) is 15.2. The molecule has 0 spiro atoms. The van der Waals surface area contributed by atoms with Gasteiger partial charge in [0.1, 0.15) is 5.75 Å². The van der Waals surface area contributed by atoms with Crippen LogP contribution in [0.25, 0.3) is 11.3 Å². The molecule has 2 aromatic carbocycles. The molecule has 1 N–H and O–H groups in total. The van der Waals surface area contributed by atoms with Crippen LogP contribution in [0.1, 0.15) is 48.3 Å². The zero-order chi connectivity index (χ0) is 21.5. The second-order valence-electron chi connectivity index (χ2n) is 7.77. The Morgan fingerprint density at radius 3 is 2.55 bits per heavy atom. The van der Waals surface area contributed by atoms with Gasteiger partial charge in [-0.15, -0.1) is 0 Å². The monoisotopic (exact) mass is 419 g/mol. The summed E-state index contributed by atoms with van der Waals surface area (Å²) in [6.07, 6.45) is 3.64. The molecule has 1 atom stereocenters. The van der Waals surface area contributed by atoms with E-state index in [4.69, 9.17) is 9.26 Å². The molecule has 0 radical (unpaired) electrons. The number of hydrogen-bond donors (Lipinski definition) is 1. The first kappa shape index (κ1) is 21.1. The van der Waals surface area contributed by atoms with E-state index in [0.717, 1.165) is 24.4 Å². The number of rotatable bonds is 8. The van der Waals surface area contributed by atoms with Gasteiger partial charge in [0, 0.05) is 18.2 Å². The number of piperidine rings is 1. The fourth-order valence-electron chi connectivity index (χ4n) is 4.04. The Morgan fingerprint density at radius 2 is 1.84 bits per heavy atom. The minimum atomic E-state index is -0.223. The van der Waals surface area contributed by atoms with Crippen LogP contribution in [0.15, 0.2) is 65.2 Å². The first-order chi connectivity index (χ1) is 15.2. The summed E-state index contributed by atoms with van der Waals surface area (Å²) in [5.41, 5.74) is 2.37. The van der Waals surface area contributed by atoms with E-state index in [0.29, 0.717) is 24.6 Å². The van der Waals surface area contributed by atoms with Crippen molar-refractivity contribution in [1.82, 2.24) is 15.4 Å². The predicted octanol–water partition coefficient (Wildman–Crippen LogP) is 4.70. The van der Waals surface area contributed by atoms with Crippen LogP contribution in [0.3, 0.4) is 0 Å². The van der Waals surface area contributed by atoms with Crippen LogP contribution in [0.5, 0.6) is 5.75 Å². The third-order valence-corrected chi connectivity index (χ3v) is 5.66. The van der Waals surface area contributed by atoms with E-state index in [1.165, 1.54) is 24.8 Å². The molecule has 1 amide bonds. The Kier molecular flexibility index (Phi) is 6.99. The molecule has 6 nitrogen and oxygen atoms in total. The lowest BCUT2D eigenvalue weighted by molar-refractivity contribution is 0.0915. The molecule has 4 rings (SSSR count). The van der Waals surface area contributed by atoms with E-state index >= 15 is 0 Å². The van der Waals surface area contributed by atoms with Crippen molar-refractivity contribution in [2.45, 2.75) is 32.2 Å². The van der Waals surface area contributed by atoms with Crippen LogP contribution in [-0.4, -0.2) is 42.2 Å². The van der Waals surface area contributed by atoms with Crippen LogP contribution in [0, 0.1) is 0 Å². The van der Waals surface area contributed by atoms with Crippen molar-refractivity contribution >= 4 is 5.91 Å². The molecular weight excluding hydrogens is 390 g/mol. The maximum absolute atomic E-state index is 12.8. The van der Waals surface area contributed by atoms with Crippen molar-refractivity contribution in [3.05, 3.63) is 71.9 Å². The number of likely N-dealkylation sites (tertiary alicyclic amines) is 1. The summed E-state index contributed by atoms with van der Waals surface area (Å²) in [6, 6.07) is 19.7. The molecule has 0 bridgehead atoms. The van der Waals surface area contributed by atoms with Gasteiger partial charge in [-0.25, -0.2) is 0 Å². The van der Waals surface area contributed by atoms with Gasteiger partial charge in [-0.05, 0) is 50.6 Å². The minimum absolute atomic E-state index is 0.112. The average Bonchev–Trinajstić information content (AvgIpc) is 3.32. The van der Waals surface area contributed by atoms with E-state index < -0.39 is 0 Å². The van der Waals surface area contributed by atoms with E-state index in [9.17, 15) is 4.79 Å². The number of nitrogens with zero attached hydrogens (tertiary/aromatic N) is 2. The molecule has 162 valence electrons. The van der Waals surface area contributed by atoms with Crippen LogP contribution >= 0.6 is 0 Å². The zero-order valence-corrected chi connectivity index (χ0v) is 17.9. The SMILES string of the molecule is CCOc1ccc([C@H](CNC(=O)c2cc(-c3ccccc3)on2)N2CCCCC2)cc1. The first-order valence-electron chi connectivity index (χ1n) is 11.0.